The summed E-state index contributed by atoms with van der Waals surface area (Å²) >= 11 is 5.82. The lowest BCUT2D eigenvalue weighted by Gasteiger charge is -2.08. The van der Waals surface area contributed by atoms with Crippen LogP contribution < -0.4 is 10.5 Å². The van der Waals surface area contributed by atoms with Crippen LogP contribution in [0.15, 0.2) is 42.5 Å². The summed E-state index contributed by atoms with van der Waals surface area (Å²) in [6.45, 7) is 0.332. The van der Waals surface area contributed by atoms with Crippen molar-refractivity contribution in [1.29, 1.82) is 0 Å². The van der Waals surface area contributed by atoms with Gasteiger partial charge in [-0.25, -0.2) is 0 Å². The molecule has 0 aliphatic rings. The van der Waals surface area contributed by atoms with Gasteiger partial charge < -0.3 is 15.6 Å². The van der Waals surface area contributed by atoms with Gasteiger partial charge in [0.25, 0.3) is 0 Å². The molecule has 0 bridgehead atoms. The average molecular weight is 250 g/mol. The topological polar surface area (TPSA) is 55.5 Å². The van der Waals surface area contributed by atoms with Gasteiger partial charge in [-0.3, -0.25) is 0 Å². The smallest absolute Gasteiger partial charge is 0.161 e. The molecule has 17 heavy (non-hydrogen) atoms. The van der Waals surface area contributed by atoms with Crippen molar-refractivity contribution in [3.05, 3.63) is 53.1 Å². The minimum Gasteiger partial charge on any atom is -0.504 e. The third kappa shape index (κ3) is 2.82. The van der Waals surface area contributed by atoms with E-state index in [9.17, 15) is 5.11 Å². The van der Waals surface area contributed by atoms with Crippen molar-refractivity contribution < 1.29 is 9.84 Å². The van der Waals surface area contributed by atoms with Gasteiger partial charge in [0.15, 0.2) is 11.5 Å². The van der Waals surface area contributed by atoms with E-state index in [4.69, 9.17) is 22.1 Å². The highest BCUT2D eigenvalue weighted by atomic mass is 35.5. The van der Waals surface area contributed by atoms with Gasteiger partial charge in [0.1, 0.15) is 6.61 Å². The number of phenolic OH excluding ortho intramolecular Hbond substituents is 1. The van der Waals surface area contributed by atoms with E-state index >= 15 is 0 Å². The molecule has 0 unspecified atom stereocenters. The number of benzene rings is 2. The van der Waals surface area contributed by atoms with E-state index in [0.717, 1.165) is 5.56 Å². The summed E-state index contributed by atoms with van der Waals surface area (Å²) in [7, 11) is 0. The number of ether oxygens (including phenoxy) is 1. The van der Waals surface area contributed by atoms with Gasteiger partial charge in [-0.05, 0) is 29.8 Å². The Balaban J connectivity index is 2.08. The minimum atomic E-state index is 0.120. The summed E-state index contributed by atoms with van der Waals surface area (Å²) in [6.07, 6.45) is 0. The Labute approximate surface area is 104 Å². The Hall–Kier alpha value is -1.87. The van der Waals surface area contributed by atoms with Crippen LogP contribution in [0.5, 0.6) is 11.5 Å². The van der Waals surface area contributed by atoms with E-state index in [2.05, 4.69) is 0 Å². The van der Waals surface area contributed by atoms with Gasteiger partial charge in [0, 0.05) is 0 Å². The summed E-state index contributed by atoms with van der Waals surface area (Å²) in [5, 5.41) is 10.0. The molecular formula is C13H12ClNO2. The standard InChI is InChI=1S/C13H12ClNO2/c14-10-6-5-9(7-11(10)15)8-17-13-4-2-1-3-12(13)16/h1-7,16H,8,15H2. The van der Waals surface area contributed by atoms with Crippen molar-refractivity contribution in [3.63, 3.8) is 0 Å². The largest absolute Gasteiger partial charge is 0.504 e. The van der Waals surface area contributed by atoms with Gasteiger partial charge in [-0.15, -0.1) is 0 Å². The number of hydrogen-bond acceptors (Lipinski definition) is 3. The van der Waals surface area contributed by atoms with Crippen LogP contribution in [0.2, 0.25) is 5.02 Å². The number of phenols is 1. The van der Waals surface area contributed by atoms with E-state index in [1.165, 1.54) is 0 Å². The highest BCUT2D eigenvalue weighted by molar-refractivity contribution is 6.33. The molecule has 0 aliphatic carbocycles. The molecule has 0 heterocycles. The lowest BCUT2D eigenvalue weighted by atomic mass is 10.2. The predicted octanol–water partition coefficient (Wildman–Crippen LogP) is 3.21. The molecule has 2 aromatic rings. The second-order valence-electron chi connectivity index (χ2n) is 3.61. The lowest BCUT2D eigenvalue weighted by molar-refractivity contribution is 0.289. The molecule has 0 radical (unpaired) electrons. The van der Waals surface area contributed by atoms with Crippen LogP contribution in [-0.2, 0) is 6.61 Å². The third-order valence-corrected chi connectivity index (χ3v) is 2.66. The van der Waals surface area contributed by atoms with Crippen LogP contribution in [0, 0.1) is 0 Å². The zero-order valence-electron chi connectivity index (χ0n) is 9.06. The quantitative estimate of drug-likeness (QED) is 0.822. The van der Waals surface area contributed by atoms with E-state index < -0.39 is 0 Å². The SMILES string of the molecule is Nc1cc(COc2ccccc2O)ccc1Cl. The van der Waals surface area contributed by atoms with Crippen molar-refractivity contribution in [3.8, 4) is 11.5 Å². The Morgan fingerprint density at radius 3 is 2.65 bits per heavy atom. The zero-order valence-corrected chi connectivity index (χ0v) is 9.82. The number of para-hydroxylation sites is 2. The molecule has 0 atom stereocenters. The summed E-state index contributed by atoms with van der Waals surface area (Å²) in [5.41, 5.74) is 7.10. The Kier molecular flexibility index (Phi) is 3.40. The summed E-state index contributed by atoms with van der Waals surface area (Å²) in [4.78, 5) is 0. The molecule has 3 N–H and O–H groups in total. The lowest BCUT2D eigenvalue weighted by Crippen LogP contribution is -1.97. The van der Waals surface area contributed by atoms with Crippen molar-refractivity contribution >= 4 is 17.3 Å². The zero-order chi connectivity index (χ0) is 12.3. The fourth-order valence-corrected chi connectivity index (χ4v) is 1.54. The number of nitrogen functional groups attached to an aromatic ring is 1. The van der Waals surface area contributed by atoms with Gasteiger partial charge in [0.2, 0.25) is 0 Å². The second kappa shape index (κ2) is 4.97. The first-order valence-electron chi connectivity index (χ1n) is 5.11. The van der Waals surface area contributed by atoms with E-state index in [0.29, 0.717) is 23.1 Å². The van der Waals surface area contributed by atoms with Crippen LogP contribution in [0.3, 0.4) is 0 Å². The van der Waals surface area contributed by atoms with Crippen LogP contribution in [-0.4, -0.2) is 5.11 Å². The molecule has 2 rings (SSSR count). The maximum absolute atomic E-state index is 9.52. The number of nitrogens with two attached hydrogens (primary N) is 1. The Morgan fingerprint density at radius 2 is 1.94 bits per heavy atom. The van der Waals surface area contributed by atoms with E-state index in [-0.39, 0.29) is 5.75 Å². The van der Waals surface area contributed by atoms with Gasteiger partial charge in [-0.2, -0.15) is 0 Å². The van der Waals surface area contributed by atoms with E-state index in [1.54, 1.807) is 36.4 Å². The highest BCUT2D eigenvalue weighted by Crippen LogP contribution is 2.26. The number of hydrogen-bond donors (Lipinski definition) is 2. The molecule has 0 spiro atoms. The van der Waals surface area contributed by atoms with Crippen molar-refractivity contribution in [2.75, 3.05) is 5.73 Å². The van der Waals surface area contributed by atoms with Crippen molar-refractivity contribution in [2.45, 2.75) is 6.61 Å². The molecule has 0 amide bonds. The average Bonchev–Trinajstić information content (AvgIpc) is 2.32. The summed E-state index contributed by atoms with van der Waals surface area (Å²) < 4.78 is 5.47. The first-order chi connectivity index (χ1) is 8.16. The molecule has 88 valence electrons. The third-order valence-electron chi connectivity index (χ3n) is 2.32. The van der Waals surface area contributed by atoms with Gasteiger partial charge in [-0.1, -0.05) is 29.8 Å². The monoisotopic (exact) mass is 249 g/mol. The Morgan fingerprint density at radius 1 is 1.18 bits per heavy atom. The van der Waals surface area contributed by atoms with Gasteiger partial charge >= 0.3 is 0 Å². The second-order valence-corrected chi connectivity index (χ2v) is 4.02. The number of rotatable bonds is 3. The summed E-state index contributed by atoms with van der Waals surface area (Å²) in [6, 6.07) is 12.1. The Bertz CT molecular complexity index is 529. The highest BCUT2D eigenvalue weighted by Gasteiger charge is 2.02. The maximum atomic E-state index is 9.52. The van der Waals surface area contributed by atoms with Crippen molar-refractivity contribution in [2.24, 2.45) is 0 Å². The fourth-order valence-electron chi connectivity index (χ4n) is 1.42. The first-order valence-corrected chi connectivity index (χ1v) is 5.49. The van der Waals surface area contributed by atoms with Gasteiger partial charge in [0.05, 0.1) is 10.7 Å². The number of halogens is 1. The molecule has 0 fully saturated rings. The molecule has 0 saturated carbocycles. The van der Waals surface area contributed by atoms with Crippen LogP contribution in [0.25, 0.3) is 0 Å². The van der Waals surface area contributed by atoms with E-state index in [1.807, 2.05) is 6.07 Å². The molecule has 0 aromatic heterocycles. The first kappa shape index (κ1) is 11.6. The summed E-state index contributed by atoms with van der Waals surface area (Å²) in [5.74, 6) is 0.565. The predicted molar refractivity (Wildman–Crippen MR) is 68.3 cm³/mol. The number of anilines is 1. The fraction of sp³-hybridized carbons (Fsp3) is 0.0769. The molecule has 4 heteroatoms. The number of aromatic hydroxyl groups is 1. The molecule has 2 aromatic carbocycles. The van der Waals surface area contributed by atoms with Crippen LogP contribution in [0.4, 0.5) is 5.69 Å². The van der Waals surface area contributed by atoms with Crippen LogP contribution in [0.1, 0.15) is 5.56 Å². The molecule has 0 saturated heterocycles. The van der Waals surface area contributed by atoms with Crippen molar-refractivity contribution in [1.82, 2.24) is 0 Å². The maximum Gasteiger partial charge on any atom is 0.161 e. The van der Waals surface area contributed by atoms with Crippen LogP contribution >= 0.6 is 11.6 Å². The molecule has 0 aliphatic heterocycles. The molecular weight excluding hydrogens is 238 g/mol. The minimum absolute atomic E-state index is 0.120. The molecule has 3 nitrogen and oxygen atoms in total. The normalized spacial score (nSPS) is 10.2.